The van der Waals surface area contributed by atoms with Gasteiger partial charge in [0, 0.05) is 30.2 Å². The Bertz CT molecular complexity index is 453. The molecular formula is C14H18BrF2NO2. The Morgan fingerprint density at radius 2 is 2.20 bits per heavy atom. The molecule has 0 aliphatic heterocycles. The standard InChI is InChI=1S/C14H18BrF2NO2/c1-10(9-18-5-6-19-2)7-11-8-12(15)3-4-13(11)20-14(16)17/h3-4,7-8,14,18H,5-6,9H2,1-2H3. The summed E-state index contributed by atoms with van der Waals surface area (Å²) in [5, 5.41) is 3.19. The third-order valence-corrected chi connectivity index (χ3v) is 2.97. The maximum Gasteiger partial charge on any atom is 0.387 e. The fourth-order valence-electron chi connectivity index (χ4n) is 1.61. The van der Waals surface area contributed by atoms with Crippen LogP contribution in [0.5, 0.6) is 5.75 Å². The molecule has 0 fully saturated rings. The molecule has 0 unspecified atom stereocenters. The van der Waals surface area contributed by atoms with Gasteiger partial charge in [0.15, 0.2) is 0 Å². The van der Waals surface area contributed by atoms with Gasteiger partial charge in [0.2, 0.25) is 0 Å². The summed E-state index contributed by atoms with van der Waals surface area (Å²) >= 11 is 3.32. The van der Waals surface area contributed by atoms with Gasteiger partial charge in [-0.25, -0.2) is 0 Å². The zero-order chi connectivity index (χ0) is 15.0. The Morgan fingerprint density at radius 3 is 2.85 bits per heavy atom. The second kappa shape index (κ2) is 9.05. The molecular weight excluding hydrogens is 332 g/mol. The molecule has 0 bridgehead atoms. The third kappa shape index (κ3) is 6.45. The van der Waals surface area contributed by atoms with Gasteiger partial charge >= 0.3 is 6.61 Å². The number of ether oxygens (including phenoxy) is 2. The van der Waals surface area contributed by atoms with Crippen molar-refractivity contribution in [3.05, 3.63) is 33.8 Å². The first-order chi connectivity index (χ1) is 9.52. The van der Waals surface area contributed by atoms with Crippen LogP contribution in [-0.2, 0) is 4.74 Å². The SMILES string of the molecule is COCCNCC(C)=Cc1cc(Br)ccc1OC(F)F. The zero-order valence-electron chi connectivity index (χ0n) is 11.5. The molecule has 1 rings (SSSR count). The summed E-state index contributed by atoms with van der Waals surface area (Å²) in [7, 11) is 1.64. The van der Waals surface area contributed by atoms with Gasteiger partial charge in [-0.1, -0.05) is 27.6 Å². The van der Waals surface area contributed by atoms with E-state index in [0.29, 0.717) is 18.7 Å². The normalized spacial score (nSPS) is 12.0. The van der Waals surface area contributed by atoms with Crippen LogP contribution < -0.4 is 10.1 Å². The monoisotopic (exact) mass is 349 g/mol. The van der Waals surface area contributed by atoms with E-state index in [2.05, 4.69) is 26.0 Å². The number of benzene rings is 1. The van der Waals surface area contributed by atoms with E-state index in [1.165, 1.54) is 6.07 Å². The van der Waals surface area contributed by atoms with Crippen LogP contribution in [0.15, 0.2) is 28.2 Å². The molecule has 20 heavy (non-hydrogen) atoms. The summed E-state index contributed by atoms with van der Waals surface area (Å²) in [5.41, 5.74) is 1.63. The van der Waals surface area contributed by atoms with Crippen molar-refractivity contribution in [1.82, 2.24) is 5.32 Å². The number of alkyl halides is 2. The molecule has 1 N–H and O–H groups in total. The van der Waals surface area contributed by atoms with Gasteiger partial charge in [0.25, 0.3) is 0 Å². The van der Waals surface area contributed by atoms with Gasteiger partial charge in [-0.2, -0.15) is 8.78 Å². The van der Waals surface area contributed by atoms with E-state index in [-0.39, 0.29) is 5.75 Å². The third-order valence-electron chi connectivity index (χ3n) is 2.48. The topological polar surface area (TPSA) is 30.5 Å². The summed E-state index contributed by atoms with van der Waals surface area (Å²) in [6.45, 7) is 1.12. The van der Waals surface area contributed by atoms with Crippen LogP contribution in [0, 0.1) is 0 Å². The molecule has 6 heteroatoms. The summed E-state index contributed by atoms with van der Waals surface area (Å²) in [6, 6.07) is 4.94. The minimum absolute atomic E-state index is 0.166. The molecule has 3 nitrogen and oxygen atoms in total. The van der Waals surface area contributed by atoms with E-state index in [4.69, 9.17) is 4.74 Å². The summed E-state index contributed by atoms with van der Waals surface area (Å²) < 4.78 is 34.9. The summed E-state index contributed by atoms with van der Waals surface area (Å²) in [5.74, 6) is 0.166. The summed E-state index contributed by atoms with van der Waals surface area (Å²) in [6.07, 6.45) is 1.82. The molecule has 1 aromatic carbocycles. The first-order valence-electron chi connectivity index (χ1n) is 6.14. The largest absolute Gasteiger partial charge is 0.434 e. The molecule has 0 aromatic heterocycles. The number of hydrogen-bond acceptors (Lipinski definition) is 3. The highest BCUT2D eigenvalue weighted by Crippen LogP contribution is 2.26. The number of halogens is 3. The molecule has 0 aliphatic carbocycles. The minimum atomic E-state index is -2.83. The van der Waals surface area contributed by atoms with Gasteiger partial charge < -0.3 is 14.8 Å². The van der Waals surface area contributed by atoms with E-state index in [0.717, 1.165) is 16.6 Å². The molecule has 0 heterocycles. The smallest absolute Gasteiger partial charge is 0.387 e. The number of rotatable bonds is 8. The first-order valence-corrected chi connectivity index (χ1v) is 6.93. The van der Waals surface area contributed by atoms with Crippen LogP contribution in [-0.4, -0.2) is 33.4 Å². The lowest BCUT2D eigenvalue weighted by molar-refractivity contribution is -0.0500. The Morgan fingerprint density at radius 1 is 1.45 bits per heavy atom. The molecule has 112 valence electrons. The van der Waals surface area contributed by atoms with Crippen LogP contribution in [0.25, 0.3) is 6.08 Å². The molecule has 0 spiro atoms. The maximum atomic E-state index is 12.3. The van der Waals surface area contributed by atoms with Crippen LogP contribution >= 0.6 is 15.9 Å². The first kappa shape index (κ1) is 17.1. The van der Waals surface area contributed by atoms with Gasteiger partial charge in [0.05, 0.1) is 6.61 Å². The van der Waals surface area contributed by atoms with Crippen molar-refractivity contribution in [3.63, 3.8) is 0 Å². The second-order valence-corrected chi connectivity index (χ2v) is 5.14. The van der Waals surface area contributed by atoms with E-state index in [1.54, 1.807) is 19.2 Å². The van der Waals surface area contributed by atoms with E-state index < -0.39 is 6.61 Å². The minimum Gasteiger partial charge on any atom is -0.434 e. The van der Waals surface area contributed by atoms with Crippen molar-refractivity contribution < 1.29 is 18.3 Å². The highest BCUT2D eigenvalue weighted by molar-refractivity contribution is 9.10. The Labute approximate surface area is 126 Å². The fourth-order valence-corrected chi connectivity index (χ4v) is 1.99. The lowest BCUT2D eigenvalue weighted by Crippen LogP contribution is -2.20. The highest BCUT2D eigenvalue weighted by Gasteiger charge is 2.09. The molecule has 1 aromatic rings. The summed E-state index contributed by atoms with van der Waals surface area (Å²) in [4.78, 5) is 0. The van der Waals surface area contributed by atoms with Crippen molar-refractivity contribution in [2.75, 3.05) is 26.8 Å². The van der Waals surface area contributed by atoms with Gasteiger partial charge in [-0.15, -0.1) is 0 Å². The predicted molar refractivity (Wildman–Crippen MR) is 79.2 cm³/mol. The van der Waals surface area contributed by atoms with E-state index >= 15 is 0 Å². The maximum absolute atomic E-state index is 12.3. The molecule has 0 saturated carbocycles. The number of hydrogen-bond donors (Lipinski definition) is 1. The highest BCUT2D eigenvalue weighted by atomic mass is 79.9. The average molecular weight is 350 g/mol. The van der Waals surface area contributed by atoms with Gasteiger partial charge in [-0.3, -0.25) is 0 Å². The van der Waals surface area contributed by atoms with Crippen molar-refractivity contribution in [2.24, 2.45) is 0 Å². The Hall–Kier alpha value is -0.980. The van der Waals surface area contributed by atoms with Crippen LogP contribution in [0.4, 0.5) is 8.78 Å². The van der Waals surface area contributed by atoms with Crippen molar-refractivity contribution in [1.29, 1.82) is 0 Å². The quantitative estimate of drug-likeness (QED) is 0.726. The molecule has 0 radical (unpaired) electrons. The zero-order valence-corrected chi connectivity index (χ0v) is 13.0. The fraction of sp³-hybridized carbons (Fsp3) is 0.429. The van der Waals surface area contributed by atoms with E-state index in [9.17, 15) is 8.78 Å². The van der Waals surface area contributed by atoms with E-state index in [1.807, 2.05) is 13.0 Å². The lowest BCUT2D eigenvalue weighted by atomic mass is 10.1. The number of nitrogens with one attached hydrogen (secondary N) is 1. The Balaban J connectivity index is 2.75. The van der Waals surface area contributed by atoms with Gasteiger partial charge in [-0.05, 0) is 25.1 Å². The van der Waals surface area contributed by atoms with Crippen molar-refractivity contribution >= 4 is 22.0 Å². The lowest BCUT2D eigenvalue weighted by Gasteiger charge is -2.10. The van der Waals surface area contributed by atoms with Crippen LogP contribution in [0.1, 0.15) is 12.5 Å². The average Bonchev–Trinajstić information content (AvgIpc) is 2.37. The van der Waals surface area contributed by atoms with Crippen molar-refractivity contribution in [3.8, 4) is 5.75 Å². The van der Waals surface area contributed by atoms with Crippen molar-refractivity contribution in [2.45, 2.75) is 13.5 Å². The molecule has 0 aliphatic rings. The Kier molecular flexibility index (Phi) is 7.72. The van der Waals surface area contributed by atoms with Crippen LogP contribution in [0.2, 0.25) is 0 Å². The predicted octanol–water partition coefficient (Wildman–Crippen LogP) is 3.69. The number of methoxy groups -OCH3 is 1. The second-order valence-electron chi connectivity index (χ2n) is 4.22. The van der Waals surface area contributed by atoms with Gasteiger partial charge in [0.1, 0.15) is 5.75 Å². The van der Waals surface area contributed by atoms with Crippen LogP contribution in [0.3, 0.4) is 0 Å². The molecule has 0 saturated heterocycles. The molecule has 0 amide bonds. The molecule has 0 atom stereocenters.